The lowest BCUT2D eigenvalue weighted by Gasteiger charge is -2.13. The van der Waals surface area contributed by atoms with Gasteiger partial charge in [0.25, 0.3) is 0 Å². The average molecular weight is 310 g/mol. The molecule has 0 saturated heterocycles. The summed E-state index contributed by atoms with van der Waals surface area (Å²) in [5, 5.41) is 8.32. The van der Waals surface area contributed by atoms with Crippen LogP contribution in [0.15, 0.2) is 12.1 Å². The van der Waals surface area contributed by atoms with Crippen molar-refractivity contribution in [3.05, 3.63) is 34.1 Å². The Bertz CT molecular complexity index is 653. The smallest absolute Gasteiger partial charge is 0.162 e. The Kier molecular flexibility index (Phi) is 4.63. The number of halogens is 1. The summed E-state index contributed by atoms with van der Waals surface area (Å²) in [4.78, 5) is 0. The molecule has 0 radical (unpaired) electrons. The second-order valence-electron chi connectivity index (χ2n) is 4.81. The minimum Gasteiger partial charge on any atom is -0.493 e. The number of nitrogens with zero attached hydrogens (tertiary/aromatic N) is 2. The van der Waals surface area contributed by atoms with Crippen LogP contribution in [0.2, 0.25) is 5.02 Å². The lowest BCUT2D eigenvalue weighted by atomic mass is 10.2. The van der Waals surface area contributed by atoms with Crippen molar-refractivity contribution in [1.29, 1.82) is 0 Å². The van der Waals surface area contributed by atoms with Crippen LogP contribution in [0.3, 0.4) is 0 Å². The number of nitrogens with one attached hydrogen (secondary N) is 1. The molecule has 114 valence electrons. The van der Waals surface area contributed by atoms with E-state index in [9.17, 15) is 0 Å². The lowest BCUT2D eigenvalue weighted by Crippen LogP contribution is -2.03. The highest BCUT2D eigenvalue weighted by molar-refractivity contribution is 6.33. The molecule has 0 amide bonds. The topological polar surface area (TPSA) is 48.3 Å². The standard InChI is InChI=1S/C15H20ClN3O2/c1-9-11(10(2)19(3)18-9)8-17-13-7-15(21-5)14(20-4)6-12(13)16/h6-7,17H,8H2,1-5H3. The molecule has 2 aromatic rings. The van der Waals surface area contributed by atoms with Gasteiger partial charge in [-0.05, 0) is 13.8 Å². The number of benzene rings is 1. The first-order valence-corrected chi connectivity index (χ1v) is 7.00. The van der Waals surface area contributed by atoms with Crippen LogP contribution in [0, 0.1) is 13.8 Å². The van der Waals surface area contributed by atoms with E-state index in [0.717, 1.165) is 17.1 Å². The van der Waals surface area contributed by atoms with Crippen LogP contribution in [0.1, 0.15) is 17.0 Å². The molecule has 1 aromatic heterocycles. The summed E-state index contributed by atoms with van der Waals surface area (Å²) < 4.78 is 12.4. The molecule has 0 aliphatic rings. The Balaban J connectivity index is 2.24. The van der Waals surface area contributed by atoms with Gasteiger partial charge in [-0.1, -0.05) is 11.6 Å². The summed E-state index contributed by atoms with van der Waals surface area (Å²) in [7, 11) is 5.13. The number of methoxy groups -OCH3 is 2. The molecule has 0 spiro atoms. The first-order valence-electron chi connectivity index (χ1n) is 6.62. The van der Waals surface area contributed by atoms with Crippen molar-refractivity contribution in [3.8, 4) is 11.5 Å². The van der Waals surface area contributed by atoms with Gasteiger partial charge >= 0.3 is 0 Å². The van der Waals surface area contributed by atoms with E-state index in [-0.39, 0.29) is 0 Å². The van der Waals surface area contributed by atoms with Crippen LogP contribution in [0.5, 0.6) is 11.5 Å². The third-order valence-electron chi connectivity index (χ3n) is 3.59. The number of aromatic nitrogens is 2. The van der Waals surface area contributed by atoms with Crippen molar-refractivity contribution in [2.75, 3.05) is 19.5 Å². The molecular weight excluding hydrogens is 290 g/mol. The highest BCUT2D eigenvalue weighted by atomic mass is 35.5. The zero-order chi connectivity index (χ0) is 15.6. The quantitative estimate of drug-likeness (QED) is 0.920. The summed E-state index contributed by atoms with van der Waals surface area (Å²) in [6, 6.07) is 3.58. The van der Waals surface area contributed by atoms with Gasteiger partial charge in [0.2, 0.25) is 0 Å². The molecule has 0 bridgehead atoms. The van der Waals surface area contributed by atoms with E-state index in [2.05, 4.69) is 10.4 Å². The van der Waals surface area contributed by atoms with Crippen molar-refractivity contribution in [2.45, 2.75) is 20.4 Å². The predicted molar refractivity (Wildman–Crippen MR) is 84.6 cm³/mol. The Hall–Kier alpha value is -1.88. The number of hydrogen-bond donors (Lipinski definition) is 1. The molecule has 2 rings (SSSR count). The van der Waals surface area contributed by atoms with Gasteiger partial charge in [-0.2, -0.15) is 5.10 Å². The third-order valence-corrected chi connectivity index (χ3v) is 3.90. The molecule has 21 heavy (non-hydrogen) atoms. The molecule has 1 N–H and O–H groups in total. The van der Waals surface area contributed by atoms with E-state index in [0.29, 0.717) is 23.1 Å². The summed E-state index contributed by atoms with van der Waals surface area (Å²) in [6.45, 7) is 4.70. The minimum atomic E-state index is 0.590. The molecule has 0 atom stereocenters. The van der Waals surface area contributed by atoms with Crippen LogP contribution in [-0.2, 0) is 13.6 Å². The summed E-state index contributed by atoms with van der Waals surface area (Å²) in [6.07, 6.45) is 0. The number of rotatable bonds is 5. The van der Waals surface area contributed by atoms with Crippen LogP contribution in [0.4, 0.5) is 5.69 Å². The van der Waals surface area contributed by atoms with E-state index in [1.807, 2.05) is 31.6 Å². The normalized spacial score (nSPS) is 10.6. The summed E-state index contributed by atoms with van der Waals surface area (Å²) in [5.41, 5.74) is 4.12. The predicted octanol–water partition coefficient (Wildman–Crippen LogP) is 3.32. The summed E-state index contributed by atoms with van der Waals surface area (Å²) in [5.74, 6) is 1.26. The number of aryl methyl sites for hydroxylation is 2. The van der Waals surface area contributed by atoms with E-state index < -0.39 is 0 Å². The molecule has 0 unspecified atom stereocenters. The fraction of sp³-hybridized carbons (Fsp3) is 0.400. The average Bonchev–Trinajstić information content (AvgIpc) is 2.71. The van der Waals surface area contributed by atoms with Gasteiger partial charge in [0.05, 0.1) is 30.6 Å². The molecule has 5 nitrogen and oxygen atoms in total. The Morgan fingerprint density at radius 2 is 1.81 bits per heavy atom. The van der Waals surface area contributed by atoms with Crippen molar-refractivity contribution in [2.24, 2.45) is 7.05 Å². The highest BCUT2D eigenvalue weighted by Gasteiger charge is 2.12. The van der Waals surface area contributed by atoms with Gasteiger partial charge in [0.15, 0.2) is 11.5 Å². The van der Waals surface area contributed by atoms with Crippen LogP contribution >= 0.6 is 11.6 Å². The van der Waals surface area contributed by atoms with Crippen molar-refractivity contribution >= 4 is 17.3 Å². The van der Waals surface area contributed by atoms with E-state index in [4.69, 9.17) is 21.1 Å². The lowest BCUT2D eigenvalue weighted by molar-refractivity contribution is 0.355. The molecule has 0 aliphatic carbocycles. The Morgan fingerprint density at radius 1 is 1.19 bits per heavy atom. The van der Waals surface area contributed by atoms with Gasteiger partial charge in [-0.25, -0.2) is 0 Å². The monoisotopic (exact) mass is 309 g/mol. The molecule has 0 saturated carbocycles. The largest absolute Gasteiger partial charge is 0.493 e. The van der Waals surface area contributed by atoms with Crippen LogP contribution in [0.25, 0.3) is 0 Å². The van der Waals surface area contributed by atoms with Gasteiger partial charge in [0.1, 0.15) is 0 Å². The number of anilines is 1. The number of ether oxygens (including phenoxy) is 2. The molecule has 1 heterocycles. The first-order chi connectivity index (χ1) is 9.97. The maximum absolute atomic E-state index is 6.27. The SMILES string of the molecule is COc1cc(Cl)c(NCc2c(C)nn(C)c2C)cc1OC. The number of hydrogen-bond acceptors (Lipinski definition) is 4. The molecule has 6 heteroatoms. The second kappa shape index (κ2) is 6.26. The zero-order valence-electron chi connectivity index (χ0n) is 13.0. The van der Waals surface area contributed by atoms with Crippen LogP contribution < -0.4 is 14.8 Å². The first kappa shape index (κ1) is 15.5. The molecule has 1 aromatic carbocycles. The van der Waals surface area contributed by atoms with Gasteiger partial charge < -0.3 is 14.8 Å². The van der Waals surface area contributed by atoms with Crippen LogP contribution in [-0.4, -0.2) is 24.0 Å². The maximum Gasteiger partial charge on any atom is 0.162 e. The van der Waals surface area contributed by atoms with Crippen molar-refractivity contribution in [1.82, 2.24) is 9.78 Å². The Labute approximate surface area is 129 Å². The zero-order valence-corrected chi connectivity index (χ0v) is 13.7. The highest BCUT2D eigenvalue weighted by Crippen LogP contribution is 2.36. The fourth-order valence-corrected chi connectivity index (χ4v) is 2.47. The van der Waals surface area contributed by atoms with Crippen molar-refractivity contribution < 1.29 is 9.47 Å². The minimum absolute atomic E-state index is 0.590. The van der Waals surface area contributed by atoms with E-state index >= 15 is 0 Å². The van der Waals surface area contributed by atoms with Gasteiger partial charge in [0, 0.05) is 37.0 Å². The van der Waals surface area contributed by atoms with Gasteiger partial charge in [-0.15, -0.1) is 0 Å². The van der Waals surface area contributed by atoms with E-state index in [1.54, 1.807) is 20.3 Å². The maximum atomic E-state index is 6.27. The fourth-order valence-electron chi connectivity index (χ4n) is 2.25. The molecule has 0 fully saturated rings. The second-order valence-corrected chi connectivity index (χ2v) is 5.22. The molecule has 0 aliphatic heterocycles. The molecular formula is C15H20ClN3O2. The van der Waals surface area contributed by atoms with Gasteiger partial charge in [-0.3, -0.25) is 4.68 Å². The Morgan fingerprint density at radius 3 is 2.33 bits per heavy atom. The summed E-state index contributed by atoms with van der Waals surface area (Å²) >= 11 is 6.27. The third kappa shape index (κ3) is 3.08. The van der Waals surface area contributed by atoms with Crippen molar-refractivity contribution in [3.63, 3.8) is 0 Å². The van der Waals surface area contributed by atoms with E-state index in [1.165, 1.54) is 5.56 Å².